The molecule has 3 unspecified atom stereocenters. The number of rotatable bonds is 5. The second kappa shape index (κ2) is 7.70. The van der Waals surface area contributed by atoms with E-state index >= 15 is 0 Å². The normalized spacial score (nSPS) is 26.5. The van der Waals surface area contributed by atoms with Gasteiger partial charge >= 0.3 is 0 Å². The van der Waals surface area contributed by atoms with Crippen LogP contribution >= 0.6 is 11.6 Å². The van der Waals surface area contributed by atoms with E-state index in [1.165, 1.54) is 6.07 Å². The van der Waals surface area contributed by atoms with Gasteiger partial charge in [-0.2, -0.15) is 0 Å². The number of guanidine groups is 1. The van der Waals surface area contributed by atoms with Crippen LogP contribution in [0, 0.1) is 11.7 Å². The number of nitrogens with one attached hydrogen (secondary N) is 1. The van der Waals surface area contributed by atoms with Crippen LogP contribution in [0.1, 0.15) is 31.2 Å². The molecule has 0 amide bonds. The summed E-state index contributed by atoms with van der Waals surface area (Å²) in [5.41, 5.74) is 0.624. The van der Waals surface area contributed by atoms with E-state index < -0.39 is 0 Å². The monoisotopic (exact) mass is 353 g/mol. The number of hydrogen-bond donors (Lipinski definition) is 1. The zero-order valence-corrected chi connectivity index (χ0v) is 15.0. The SMILES string of the molecule is CCN=C(NC1CC1c1c(F)cccc1Cl)N(C)CC1CCOC1. The van der Waals surface area contributed by atoms with Crippen molar-refractivity contribution in [1.82, 2.24) is 10.2 Å². The predicted octanol–water partition coefficient (Wildman–Crippen LogP) is 3.27. The van der Waals surface area contributed by atoms with Gasteiger partial charge in [0.25, 0.3) is 0 Å². The molecule has 0 bridgehead atoms. The van der Waals surface area contributed by atoms with Crippen molar-refractivity contribution < 1.29 is 9.13 Å². The van der Waals surface area contributed by atoms with Gasteiger partial charge in [-0.05, 0) is 31.9 Å². The number of hydrogen-bond acceptors (Lipinski definition) is 2. The fraction of sp³-hybridized carbons (Fsp3) is 0.611. The molecule has 6 heteroatoms. The maximum atomic E-state index is 14.1. The maximum absolute atomic E-state index is 14.1. The molecule has 3 atom stereocenters. The number of benzene rings is 1. The molecule has 0 aromatic heterocycles. The van der Waals surface area contributed by atoms with Crippen molar-refractivity contribution in [1.29, 1.82) is 0 Å². The van der Waals surface area contributed by atoms with Gasteiger partial charge < -0.3 is 15.0 Å². The average Bonchev–Trinajstić information content (AvgIpc) is 3.08. The van der Waals surface area contributed by atoms with Crippen LogP contribution in [0.4, 0.5) is 4.39 Å². The molecule has 1 aromatic carbocycles. The topological polar surface area (TPSA) is 36.9 Å². The molecule has 1 aliphatic heterocycles. The predicted molar refractivity (Wildman–Crippen MR) is 95.2 cm³/mol. The minimum atomic E-state index is -0.220. The summed E-state index contributed by atoms with van der Waals surface area (Å²) in [5, 5.41) is 3.99. The maximum Gasteiger partial charge on any atom is 0.193 e. The Bertz CT molecular complexity index is 584. The van der Waals surface area contributed by atoms with Crippen LogP contribution in [0.15, 0.2) is 23.2 Å². The average molecular weight is 354 g/mol. The van der Waals surface area contributed by atoms with Crippen LogP contribution in [-0.4, -0.2) is 50.3 Å². The van der Waals surface area contributed by atoms with E-state index in [2.05, 4.69) is 15.2 Å². The Kier molecular flexibility index (Phi) is 5.61. The highest BCUT2D eigenvalue weighted by atomic mass is 35.5. The summed E-state index contributed by atoms with van der Waals surface area (Å²) in [5.74, 6) is 1.32. The van der Waals surface area contributed by atoms with Gasteiger partial charge in [-0.15, -0.1) is 0 Å². The summed E-state index contributed by atoms with van der Waals surface area (Å²) in [6.07, 6.45) is 1.98. The largest absolute Gasteiger partial charge is 0.381 e. The van der Waals surface area contributed by atoms with Gasteiger partial charge in [0.1, 0.15) is 5.82 Å². The van der Waals surface area contributed by atoms with Gasteiger partial charge in [-0.25, -0.2) is 4.39 Å². The van der Waals surface area contributed by atoms with Crippen molar-refractivity contribution in [3.63, 3.8) is 0 Å². The minimum absolute atomic E-state index is 0.115. The number of ether oxygens (including phenoxy) is 1. The third-order valence-electron chi connectivity index (χ3n) is 4.70. The molecule has 132 valence electrons. The number of nitrogens with zero attached hydrogens (tertiary/aromatic N) is 2. The van der Waals surface area contributed by atoms with Crippen molar-refractivity contribution >= 4 is 17.6 Å². The molecule has 0 radical (unpaired) electrons. The highest BCUT2D eigenvalue weighted by Crippen LogP contribution is 2.44. The van der Waals surface area contributed by atoms with E-state index in [9.17, 15) is 4.39 Å². The van der Waals surface area contributed by atoms with Crippen molar-refractivity contribution in [3.8, 4) is 0 Å². The first kappa shape index (κ1) is 17.5. The Morgan fingerprint density at radius 1 is 1.50 bits per heavy atom. The first-order valence-corrected chi connectivity index (χ1v) is 9.01. The first-order valence-electron chi connectivity index (χ1n) is 8.64. The van der Waals surface area contributed by atoms with Crippen LogP contribution in [-0.2, 0) is 4.74 Å². The Morgan fingerprint density at radius 2 is 2.33 bits per heavy atom. The second-order valence-electron chi connectivity index (χ2n) is 6.64. The minimum Gasteiger partial charge on any atom is -0.381 e. The third-order valence-corrected chi connectivity index (χ3v) is 5.03. The summed E-state index contributed by atoms with van der Waals surface area (Å²) in [4.78, 5) is 6.74. The molecular weight excluding hydrogens is 329 g/mol. The molecule has 2 aliphatic rings. The Labute approximate surface area is 148 Å². The van der Waals surface area contributed by atoms with Crippen LogP contribution in [0.25, 0.3) is 0 Å². The number of halogens is 2. The van der Waals surface area contributed by atoms with Gasteiger partial charge in [0, 0.05) is 55.2 Å². The van der Waals surface area contributed by atoms with Crippen LogP contribution in [0.5, 0.6) is 0 Å². The van der Waals surface area contributed by atoms with Crippen LogP contribution < -0.4 is 5.32 Å². The summed E-state index contributed by atoms with van der Waals surface area (Å²) < 4.78 is 19.5. The molecule has 1 heterocycles. The first-order chi connectivity index (χ1) is 11.6. The van der Waals surface area contributed by atoms with E-state index in [0.717, 1.165) is 38.6 Å². The van der Waals surface area contributed by atoms with Gasteiger partial charge in [-0.3, -0.25) is 4.99 Å². The molecular formula is C18H25ClFN3O. The molecule has 3 rings (SSSR count). The van der Waals surface area contributed by atoms with Crippen molar-refractivity contribution in [2.45, 2.75) is 31.7 Å². The summed E-state index contributed by atoms with van der Waals surface area (Å²) in [6, 6.07) is 5.06. The number of aliphatic imine (C=N–C) groups is 1. The zero-order chi connectivity index (χ0) is 17.1. The lowest BCUT2D eigenvalue weighted by Gasteiger charge is -2.25. The van der Waals surface area contributed by atoms with E-state index in [4.69, 9.17) is 16.3 Å². The summed E-state index contributed by atoms with van der Waals surface area (Å²) >= 11 is 6.18. The Morgan fingerprint density at radius 3 is 3.00 bits per heavy atom. The third kappa shape index (κ3) is 4.01. The van der Waals surface area contributed by atoms with Gasteiger partial charge in [0.05, 0.1) is 6.61 Å². The quantitative estimate of drug-likeness (QED) is 0.652. The molecule has 2 fully saturated rings. The van der Waals surface area contributed by atoms with Gasteiger partial charge in [0.2, 0.25) is 0 Å². The molecule has 24 heavy (non-hydrogen) atoms. The highest BCUT2D eigenvalue weighted by Gasteiger charge is 2.42. The molecule has 1 saturated carbocycles. The smallest absolute Gasteiger partial charge is 0.193 e. The molecule has 1 aromatic rings. The standard InChI is InChI=1S/C18H25ClFN3O/c1-3-21-18(23(2)10-12-7-8-24-11-12)22-16-9-13(16)17-14(19)5-4-6-15(17)20/h4-6,12-13,16H,3,7-11H2,1-2H3,(H,21,22). The van der Waals surface area contributed by atoms with Gasteiger partial charge in [-0.1, -0.05) is 17.7 Å². The van der Waals surface area contributed by atoms with E-state index in [1.807, 2.05) is 14.0 Å². The Hall–Kier alpha value is -1.33. The molecule has 0 spiro atoms. The summed E-state index contributed by atoms with van der Waals surface area (Å²) in [7, 11) is 2.05. The lowest BCUT2D eigenvalue weighted by Crippen LogP contribution is -2.43. The summed E-state index contributed by atoms with van der Waals surface area (Å²) in [6.45, 7) is 5.32. The fourth-order valence-corrected chi connectivity index (χ4v) is 3.63. The van der Waals surface area contributed by atoms with E-state index in [1.54, 1.807) is 12.1 Å². The lowest BCUT2D eigenvalue weighted by atomic mass is 10.1. The second-order valence-corrected chi connectivity index (χ2v) is 7.04. The van der Waals surface area contributed by atoms with Gasteiger partial charge in [0.15, 0.2) is 5.96 Å². The van der Waals surface area contributed by atoms with Crippen molar-refractivity contribution in [2.24, 2.45) is 10.9 Å². The molecule has 1 saturated heterocycles. The van der Waals surface area contributed by atoms with Crippen LogP contribution in [0.2, 0.25) is 5.02 Å². The van der Waals surface area contributed by atoms with E-state index in [-0.39, 0.29) is 17.8 Å². The Balaban J connectivity index is 1.62. The van der Waals surface area contributed by atoms with E-state index in [0.29, 0.717) is 23.0 Å². The molecule has 1 N–H and O–H groups in total. The fourth-order valence-electron chi connectivity index (χ4n) is 3.33. The van der Waals surface area contributed by atoms with Crippen molar-refractivity contribution in [2.75, 3.05) is 33.4 Å². The molecule has 1 aliphatic carbocycles. The molecule has 4 nitrogen and oxygen atoms in total. The highest BCUT2D eigenvalue weighted by molar-refractivity contribution is 6.31. The van der Waals surface area contributed by atoms with Crippen LogP contribution in [0.3, 0.4) is 0 Å². The lowest BCUT2D eigenvalue weighted by molar-refractivity contribution is 0.181. The van der Waals surface area contributed by atoms with Crippen molar-refractivity contribution in [3.05, 3.63) is 34.6 Å². The zero-order valence-electron chi connectivity index (χ0n) is 14.3.